The van der Waals surface area contributed by atoms with Gasteiger partial charge < -0.3 is 0 Å². The summed E-state index contributed by atoms with van der Waals surface area (Å²) in [6, 6.07) is 9.97. The van der Waals surface area contributed by atoms with Crippen molar-refractivity contribution in [2.75, 3.05) is 0 Å². The van der Waals surface area contributed by atoms with Crippen molar-refractivity contribution < 1.29 is 0 Å². The zero-order valence-electron chi connectivity index (χ0n) is 25.9. The molecule has 0 N–H and O–H groups in total. The average molecular weight is 506 g/mol. The second-order valence-corrected chi connectivity index (χ2v) is 10.1. The summed E-state index contributed by atoms with van der Waals surface area (Å²) in [6.45, 7) is 21.0. The topological polar surface area (TPSA) is 0 Å². The Hall–Kier alpha value is -1.50. The van der Waals surface area contributed by atoms with Gasteiger partial charge in [0.25, 0.3) is 0 Å². The molecule has 0 bridgehead atoms. The Balaban J connectivity index is 0. The van der Waals surface area contributed by atoms with Gasteiger partial charge in [0.05, 0.1) is 0 Å². The van der Waals surface area contributed by atoms with Crippen molar-refractivity contribution in [1.82, 2.24) is 0 Å². The minimum Gasteiger partial charge on any atom is -0.0776 e. The van der Waals surface area contributed by atoms with E-state index < -0.39 is 0 Å². The minimum atomic E-state index is 0. The molecule has 37 heavy (non-hydrogen) atoms. The molecule has 0 unspecified atom stereocenters. The van der Waals surface area contributed by atoms with E-state index in [0.717, 1.165) is 0 Å². The lowest BCUT2D eigenvalue weighted by molar-refractivity contribution is 0.309. The van der Waals surface area contributed by atoms with E-state index in [1.165, 1.54) is 77.0 Å². The summed E-state index contributed by atoms with van der Waals surface area (Å²) in [4.78, 5) is 0. The zero-order valence-corrected chi connectivity index (χ0v) is 25.9. The van der Waals surface area contributed by atoms with Crippen LogP contribution in [0.15, 0.2) is 24.3 Å². The molecule has 0 nitrogen and oxygen atoms in total. The van der Waals surface area contributed by atoms with Crippen LogP contribution in [-0.2, 0) is 38.5 Å². The Morgan fingerprint density at radius 3 is 1.11 bits per heavy atom. The van der Waals surface area contributed by atoms with Crippen molar-refractivity contribution in [1.29, 1.82) is 0 Å². The fourth-order valence-corrected chi connectivity index (χ4v) is 5.86. The van der Waals surface area contributed by atoms with Crippen molar-refractivity contribution in [3.8, 4) is 11.1 Å². The Morgan fingerprint density at radius 1 is 0.459 bits per heavy atom. The lowest BCUT2D eigenvalue weighted by Crippen LogP contribution is -2.13. The molecule has 0 heterocycles. The maximum absolute atomic E-state index is 2.51. The van der Waals surface area contributed by atoms with Gasteiger partial charge in [0, 0.05) is 8.41 Å². The number of fused-ring (bicyclic) bond motifs is 7. The van der Waals surface area contributed by atoms with E-state index in [-0.39, 0.29) is 15.8 Å². The lowest BCUT2D eigenvalue weighted by atomic mass is 9.77. The molecule has 2 aromatic rings. The summed E-state index contributed by atoms with van der Waals surface area (Å²) >= 11 is 0. The molecule has 1 heteroatoms. The van der Waals surface area contributed by atoms with Gasteiger partial charge in [-0.3, -0.25) is 0 Å². The van der Waals surface area contributed by atoms with E-state index in [1.54, 1.807) is 44.5 Å². The largest absolute Gasteiger partial charge is 0.0776 e. The van der Waals surface area contributed by atoms with Crippen molar-refractivity contribution in [2.24, 2.45) is 5.41 Å². The summed E-state index contributed by atoms with van der Waals surface area (Å²) in [5, 5.41) is 0. The normalized spacial score (nSPS) is 15.9. The second-order valence-electron chi connectivity index (χ2n) is 10.1. The van der Waals surface area contributed by atoms with Gasteiger partial charge in [0.15, 0.2) is 0 Å². The first-order chi connectivity index (χ1) is 17.1. The summed E-state index contributed by atoms with van der Waals surface area (Å²) in [5.74, 6) is 0. The second kappa shape index (κ2) is 19.6. The Labute approximate surface area is 236 Å². The van der Waals surface area contributed by atoms with Crippen molar-refractivity contribution in [3.63, 3.8) is 0 Å². The molecule has 2 aromatic carbocycles. The molecule has 3 aliphatic carbocycles. The zero-order chi connectivity index (χ0) is 26.4. The van der Waals surface area contributed by atoms with Crippen LogP contribution in [0.4, 0.5) is 0 Å². The highest BCUT2D eigenvalue weighted by molar-refractivity contribution is 5.80. The van der Waals surface area contributed by atoms with Gasteiger partial charge in [0.1, 0.15) is 0 Å². The Bertz CT molecular complexity index is 803. The molecular weight excluding hydrogens is 443 g/mol. The van der Waals surface area contributed by atoms with Crippen molar-refractivity contribution in [3.05, 3.63) is 57.6 Å². The predicted molar refractivity (Wildman–Crippen MR) is 173 cm³/mol. The summed E-state index contributed by atoms with van der Waals surface area (Å²) in [6.07, 6.45) is 15.8. The molecule has 3 radical (unpaired) electrons. The molecule has 0 aliphatic heterocycles. The average Bonchev–Trinajstić information content (AvgIpc) is 3.00. The third-order valence-electron chi connectivity index (χ3n) is 7.63. The fourth-order valence-electron chi connectivity index (χ4n) is 5.86. The van der Waals surface area contributed by atoms with Gasteiger partial charge in [-0.1, -0.05) is 101 Å². The van der Waals surface area contributed by atoms with E-state index in [9.17, 15) is 0 Å². The van der Waals surface area contributed by atoms with Crippen LogP contribution in [0.2, 0.25) is 0 Å². The van der Waals surface area contributed by atoms with Gasteiger partial charge in [-0.15, -0.1) is 0 Å². The molecular formula is C36H62B. The molecule has 3 aliphatic rings. The van der Waals surface area contributed by atoms with Crippen molar-refractivity contribution in [2.45, 2.75) is 154 Å². The molecule has 209 valence electrons. The monoisotopic (exact) mass is 505 g/mol. The standard InChI is InChI=1S/C27H34.4C2H6.CH4.B/c1-27(2)17-15-21-13-11-19-7-3-5-9-23(19)25(21)26-22(16-18-27)14-12-20-8-4-6-10-24(20)26;4*1-2;;/h11-14H,3-10,15-18H2,1-2H3;4*1-2H3;1H4;. The molecule has 0 atom stereocenters. The fraction of sp³-hybridized carbons (Fsp3) is 0.667. The number of hydrogen-bond acceptors (Lipinski definition) is 0. The smallest absolute Gasteiger partial charge is 0 e. The van der Waals surface area contributed by atoms with Gasteiger partial charge in [0.2, 0.25) is 0 Å². The third-order valence-corrected chi connectivity index (χ3v) is 7.63. The Morgan fingerprint density at radius 2 is 0.757 bits per heavy atom. The van der Waals surface area contributed by atoms with Crippen molar-refractivity contribution >= 4 is 8.41 Å². The maximum Gasteiger partial charge on any atom is 0 e. The van der Waals surface area contributed by atoms with Crippen LogP contribution < -0.4 is 0 Å². The Kier molecular flexibility index (Phi) is 19.9. The summed E-state index contributed by atoms with van der Waals surface area (Å²) < 4.78 is 0. The maximum atomic E-state index is 2.51. The van der Waals surface area contributed by atoms with E-state index in [1.807, 2.05) is 55.4 Å². The summed E-state index contributed by atoms with van der Waals surface area (Å²) in [5.41, 5.74) is 13.9. The SMILES string of the molecule is C.CC.CC.CC.CC.CC1(C)CCc2ccc3c(c2-c2c(ccc4c2CCCC4)CC1)CCCC3.[B]. The molecule has 0 aromatic heterocycles. The van der Waals surface area contributed by atoms with Crippen LogP contribution in [0.3, 0.4) is 0 Å². The number of benzene rings is 2. The van der Waals surface area contributed by atoms with E-state index in [2.05, 4.69) is 38.1 Å². The number of aryl methyl sites for hydroxylation is 4. The van der Waals surface area contributed by atoms with E-state index in [4.69, 9.17) is 0 Å². The van der Waals surface area contributed by atoms with Gasteiger partial charge in [-0.2, -0.15) is 0 Å². The molecule has 0 saturated carbocycles. The quantitative estimate of drug-likeness (QED) is 0.312. The van der Waals surface area contributed by atoms with Crippen LogP contribution in [0.25, 0.3) is 11.1 Å². The van der Waals surface area contributed by atoms with Crippen LogP contribution >= 0.6 is 0 Å². The molecule has 0 spiro atoms. The highest BCUT2D eigenvalue weighted by atomic mass is 14.3. The number of rotatable bonds is 0. The molecule has 0 saturated heterocycles. The van der Waals surface area contributed by atoms with E-state index in [0.29, 0.717) is 5.41 Å². The first kappa shape index (κ1) is 37.7. The first-order valence-corrected chi connectivity index (χ1v) is 15.4. The molecule has 5 rings (SSSR count). The molecule has 0 amide bonds. The van der Waals surface area contributed by atoms with Crippen LogP contribution in [-0.4, -0.2) is 8.41 Å². The lowest BCUT2D eigenvalue weighted by Gasteiger charge is -2.28. The van der Waals surface area contributed by atoms with Gasteiger partial charge in [-0.05, 0) is 127 Å². The molecule has 0 fully saturated rings. The first-order valence-electron chi connectivity index (χ1n) is 15.4. The highest BCUT2D eigenvalue weighted by Gasteiger charge is 2.28. The number of hydrogen-bond donors (Lipinski definition) is 0. The van der Waals surface area contributed by atoms with E-state index >= 15 is 0 Å². The summed E-state index contributed by atoms with van der Waals surface area (Å²) in [7, 11) is 0. The minimum absolute atomic E-state index is 0. The van der Waals surface area contributed by atoms with Gasteiger partial charge in [-0.25, -0.2) is 0 Å². The van der Waals surface area contributed by atoms with Gasteiger partial charge >= 0.3 is 0 Å². The highest BCUT2D eigenvalue weighted by Crippen LogP contribution is 2.44. The van der Waals surface area contributed by atoms with Crippen LogP contribution in [0.5, 0.6) is 0 Å². The predicted octanol–water partition coefficient (Wildman–Crippen LogP) is 11.4. The third kappa shape index (κ3) is 9.33. The van der Waals surface area contributed by atoms with Crippen LogP contribution in [0, 0.1) is 5.41 Å². The van der Waals surface area contributed by atoms with Crippen LogP contribution in [0.1, 0.15) is 149 Å².